The second-order valence-electron chi connectivity index (χ2n) is 7.15. The minimum absolute atomic E-state index is 0.746. The molecule has 2 unspecified atom stereocenters. The second-order valence-corrected chi connectivity index (χ2v) is 7.15. The van der Waals surface area contributed by atoms with Crippen molar-refractivity contribution < 1.29 is 14.7 Å². The van der Waals surface area contributed by atoms with Crippen molar-refractivity contribution in [1.29, 1.82) is 0 Å². The first-order chi connectivity index (χ1) is 13.9. The zero-order valence-corrected chi connectivity index (χ0v) is 16.2. The molecule has 1 amide bonds. The van der Waals surface area contributed by atoms with Gasteiger partial charge in [0.1, 0.15) is 6.04 Å². The minimum atomic E-state index is -1.49. The number of carboxylic acid groups (broad SMARTS) is 1. The summed E-state index contributed by atoms with van der Waals surface area (Å²) < 4.78 is 0. The number of amides is 1. The molecule has 3 aromatic rings. The summed E-state index contributed by atoms with van der Waals surface area (Å²) in [7, 11) is 0. The summed E-state index contributed by atoms with van der Waals surface area (Å²) in [6, 6.07) is 24.8. The third-order valence-corrected chi connectivity index (χ3v) is 5.38. The largest absolute Gasteiger partial charge is 0.480 e. The van der Waals surface area contributed by atoms with E-state index in [-0.39, 0.29) is 0 Å². The molecule has 3 aromatic carbocycles. The van der Waals surface area contributed by atoms with Crippen molar-refractivity contribution in [2.75, 3.05) is 0 Å². The van der Waals surface area contributed by atoms with Crippen LogP contribution in [0.3, 0.4) is 0 Å². The predicted octanol–water partition coefficient (Wildman–Crippen LogP) is 2.84. The zero-order valence-electron chi connectivity index (χ0n) is 16.2. The molecule has 0 aliphatic heterocycles. The highest BCUT2D eigenvalue weighted by atomic mass is 16.4. The van der Waals surface area contributed by atoms with Gasteiger partial charge in [-0.1, -0.05) is 90.5 Å². The molecule has 0 aliphatic carbocycles. The molecule has 148 valence electrons. The van der Waals surface area contributed by atoms with Crippen molar-refractivity contribution in [1.82, 2.24) is 0 Å². The van der Waals surface area contributed by atoms with Gasteiger partial charge in [-0.2, -0.15) is 0 Å². The molecule has 5 heteroatoms. The van der Waals surface area contributed by atoms with Crippen LogP contribution in [0.15, 0.2) is 84.9 Å². The Hall–Kier alpha value is -3.44. The molecular weight excluding hydrogens is 364 g/mol. The van der Waals surface area contributed by atoms with Gasteiger partial charge in [-0.15, -0.1) is 0 Å². The summed E-state index contributed by atoms with van der Waals surface area (Å²) in [5, 5.41) is 9.72. The molecule has 29 heavy (non-hydrogen) atoms. The van der Waals surface area contributed by atoms with Gasteiger partial charge >= 0.3 is 5.97 Å². The topological polar surface area (TPSA) is 106 Å². The van der Waals surface area contributed by atoms with Crippen LogP contribution in [-0.2, 0) is 15.0 Å². The Balaban J connectivity index is 2.47. The van der Waals surface area contributed by atoms with Crippen molar-refractivity contribution >= 4 is 11.9 Å². The van der Waals surface area contributed by atoms with Crippen LogP contribution in [0.25, 0.3) is 0 Å². The van der Waals surface area contributed by atoms with Crippen molar-refractivity contribution in [3.63, 3.8) is 0 Å². The van der Waals surface area contributed by atoms with E-state index in [1.54, 1.807) is 0 Å². The Morgan fingerprint density at radius 2 is 1.21 bits per heavy atom. The lowest BCUT2D eigenvalue weighted by atomic mass is 9.59. The number of hydrogen-bond acceptors (Lipinski definition) is 3. The number of carbonyl (C=O) groups excluding carboxylic acids is 1. The fourth-order valence-electron chi connectivity index (χ4n) is 4.06. The van der Waals surface area contributed by atoms with E-state index in [9.17, 15) is 14.7 Å². The van der Waals surface area contributed by atoms with Crippen LogP contribution < -0.4 is 11.5 Å². The van der Waals surface area contributed by atoms with Crippen LogP contribution in [0.1, 0.15) is 22.3 Å². The van der Waals surface area contributed by atoms with Crippen molar-refractivity contribution in [2.24, 2.45) is 17.4 Å². The van der Waals surface area contributed by atoms with Crippen LogP contribution in [0.2, 0.25) is 0 Å². The van der Waals surface area contributed by atoms with Gasteiger partial charge in [-0.05, 0) is 23.6 Å². The Morgan fingerprint density at radius 3 is 1.59 bits per heavy atom. The van der Waals surface area contributed by atoms with E-state index in [1.807, 2.05) is 91.9 Å². The Morgan fingerprint density at radius 1 is 0.793 bits per heavy atom. The molecule has 0 saturated carbocycles. The Labute approximate surface area is 170 Å². The number of hydrogen-bond donors (Lipinski definition) is 3. The first kappa shape index (κ1) is 20.3. The van der Waals surface area contributed by atoms with Crippen LogP contribution in [0.5, 0.6) is 0 Å². The van der Waals surface area contributed by atoms with Crippen LogP contribution in [0, 0.1) is 12.8 Å². The molecule has 0 bridgehead atoms. The predicted molar refractivity (Wildman–Crippen MR) is 112 cm³/mol. The first-order valence-electron chi connectivity index (χ1n) is 9.35. The highest BCUT2D eigenvalue weighted by Crippen LogP contribution is 2.46. The van der Waals surface area contributed by atoms with Crippen LogP contribution >= 0.6 is 0 Å². The van der Waals surface area contributed by atoms with E-state index in [1.165, 1.54) is 0 Å². The molecule has 0 aromatic heterocycles. The first-order valence-corrected chi connectivity index (χ1v) is 9.35. The maximum Gasteiger partial charge on any atom is 0.321 e. The average molecular weight is 388 g/mol. The van der Waals surface area contributed by atoms with Gasteiger partial charge in [0, 0.05) is 0 Å². The summed E-state index contributed by atoms with van der Waals surface area (Å²) in [4.78, 5) is 24.7. The summed E-state index contributed by atoms with van der Waals surface area (Å²) in [6.45, 7) is 1.96. The van der Waals surface area contributed by atoms with Gasteiger partial charge in [0.25, 0.3) is 0 Å². The maximum absolute atomic E-state index is 12.8. The smallest absolute Gasteiger partial charge is 0.321 e. The van der Waals surface area contributed by atoms with E-state index in [0.717, 1.165) is 22.3 Å². The van der Waals surface area contributed by atoms with Gasteiger partial charge in [-0.3, -0.25) is 9.59 Å². The lowest BCUT2D eigenvalue weighted by Gasteiger charge is -2.42. The fraction of sp³-hybridized carbons (Fsp3) is 0.167. The van der Waals surface area contributed by atoms with E-state index >= 15 is 0 Å². The van der Waals surface area contributed by atoms with Crippen molar-refractivity contribution in [3.8, 4) is 0 Å². The lowest BCUT2D eigenvalue weighted by Crippen LogP contribution is -2.56. The molecule has 2 atom stereocenters. The third kappa shape index (κ3) is 3.65. The molecule has 0 heterocycles. The van der Waals surface area contributed by atoms with Crippen molar-refractivity contribution in [2.45, 2.75) is 18.4 Å². The van der Waals surface area contributed by atoms with Crippen LogP contribution in [0.4, 0.5) is 0 Å². The van der Waals surface area contributed by atoms with E-state index < -0.39 is 29.3 Å². The number of carbonyl (C=O) groups is 2. The monoisotopic (exact) mass is 388 g/mol. The summed E-state index contributed by atoms with van der Waals surface area (Å²) in [5.41, 5.74) is 14.0. The SMILES string of the molecule is Cc1ccc(C(c2ccccc2)(c2ccccc2)C(C(N)=O)C(N)C(=O)O)cc1. The minimum Gasteiger partial charge on any atom is -0.480 e. The number of benzene rings is 3. The number of rotatable bonds is 7. The Kier molecular flexibility index (Phi) is 5.80. The summed E-state index contributed by atoms with van der Waals surface area (Å²) in [6.07, 6.45) is 0. The quantitative estimate of drug-likeness (QED) is 0.541. The van der Waals surface area contributed by atoms with E-state index in [4.69, 9.17) is 11.5 Å². The number of aryl methyl sites for hydroxylation is 1. The zero-order chi connectivity index (χ0) is 21.0. The molecule has 3 rings (SSSR count). The number of aliphatic carboxylic acids is 1. The molecule has 0 radical (unpaired) electrons. The summed E-state index contributed by atoms with van der Waals surface area (Å²) >= 11 is 0. The molecular formula is C24H24N2O3. The standard InChI is InChI=1S/C24H24N2O3/c1-16-12-14-19(15-13-16)24(17-8-4-2-5-9-17,18-10-6-3-7-11-18)20(22(26)27)21(25)23(28)29/h2-15,20-21H,25H2,1H3,(H2,26,27)(H,28,29). The molecule has 5 nitrogen and oxygen atoms in total. The van der Waals surface area contributed by atoms with Gasteiger partial charge in [-0.25, -0.2) is 0 Å². The van der Waals surface area contributed by atoms with E-state index in [2.05, 4.69) is 0 Å². The number of carboxylic acids is 1. The van der Waals surface area contributed by atoms with Gasteiger partial charge in [0.15, 0.2) is 0 Å². The third-order valence-electron chi connectivity index (χ3n) is 5.38. The number of nitrogens with two attached hydrogens (primary N) is 2. The highest BCUT2D eigenvalue weighted by Gasteiger charge is 2.51. The average Bonchev–Trinajstić information content (AvgIpc) is 2.73. The normalized spacial score (nSPS) is 13.4. The second kappa shape index (κ2) is 8.29. The summed E-state index contributed by atoms with van der Waals surface area (Å²) in [5.74, 6) is -3.27. The maximum atomic E-state index is 12.8. The fourth-order valence-corrected chi connectivity index (χ4v) is 4.06. The van der Waals surface area contributed by atoms with Gasteiger partial charge in [0.05, 0.1) is 11.3 Å². The molecule has 5 N–H and O–H groups in total. The van der Waals surface area contributed by atoms with E-state index in [0.29, 0.717) is 0 Å². The van der Waals surface area contributed by atoms with Crippen LogP contribution in [-0.4, -0.2) is 23.0 Å². The van der Waals surface area contributed by atoms with Crippen molar-refractivity contribution in [3.05, 3.63) is 107 Å². The molecule has 0 spiro atoms. The Bertz CT molecular complexity index is 946. The molecule has 0 fully saturated rings. The van der Waals surface area contributed by atoms with Gasteiger partial charge < -0.3 is 16.6 Å². The lowest BCUT2D eigenvalue weighted by molar-refractivity contribution is -0.143. The molecule has 0 saturated heterocycles. The van der Waals surface area contributed by atoms with Gasteiger partial charge in [0.2, 0.25) is 5.91 Å². The molecule has 0 aliphatic rings. The number of primary amides is 1. The highest BCUT2D eigenvalue weighted by molar-refractivity contribution is 5.89.